The van der Waals surface area contributed by atoms with E-state index in [4.69, 9.17) is 0 Å². The lowest BCUT2D eigenvalue weighted by atomic mass is 9.70. The summed E-state index contributed by atoms with van der Waals surface area (Å²) in [6, 6.07) is 49.8. The normalized spacial score (nSPS) is 18.8. The number of benzene rings is 6. The molecule has 0 aromatic heterocycles. The van der Waals surface area contributed by atoms with E-state index in [9.17, 15) is 0 Å². The van der Waals surface area contributed by atoms with Crippen LogP contribution in [0, 0.1) is 18.8 Å². The van der Waals surface area contributed by atoms with E-state index in [0.29, 0.717) is 23.7 Å². The van der Waals surface area contributed by atoms with Gasteiger partial charge in [0, 0.05) is 45.0 Å². The molecular formula is C82H96N2. The van der Waals surface area contributed by atoms with Crippen molar-refractivity contribution >= 4 is 34.4 Å². The lowest BCUT2D eigenvalue weighted by molar-refractivity contribution is 0.398. The molecule has 2 bridgehead atoms. The third-order valence-electron chi connectivity index (χ3n) is 19.6. The van der Waals surface area contributed by atoms with Crippen LogP contribution < -0.4 is 9.80 Å². The molecule has 4 atom stereocenters. The van der Waals surface area contributed by atoms with Crippen LogP contribution in [-0.4, -0.2) is 0 Å². The molecule has 434 valence electrons. The van der Waals surface area contributed by atoms with Crippen molar-refractivity contribution in [1.82, 2.24) is 0 Å². The number of fused-ring (bicyclic) bond motifs is 7. The molecule has 4 aliphatic carbocycles. The maximum absolute atomic E-state index is 4.53. The molecular weight excluding hydrogens is 1010 g/mol. The van der Waals surface area contributed by atoms with Gasteiger partial charge in [-0.25, -0.2) is 0 Å². The molecule has 6 aromatic carbocycles. The van der Waals surface area contributed by atoms with Crippen LogP contribution >= 0.6 is 0 Å². The Bertz CT molecular complexity index is 3390. The summed E-state index contributed by atoms with van der Waals surface area (Å²) in [7, 11) is 0. The van der Waals surface area contributed by atoms with E-state index < -0.39 is 0 Å². The third kappa shape index (κ3) is 12.9. The standard InChI is InChI=1S/C82H96N2/c1-9-16-19-21-23-30-52-82(53-31-24-22-20-17-10-2)78-58-70(83(68(14-6)33-18-11-3)81-37-29-28-36-73(81)67-47-46-63-43-40-62-41-45-65(55-62)77(63)57-67)48-50-74(78)75-51-49-71(59-79(75)82)84(69-34-26-25-27-35-69)80(15-7)72(32-12-4)66-42-38-60(8)76(56-66)64-44-39-61(13-5)54-64/h11-15,18,25-29,32-38,40,42-43,46-51,56-59,61-62,64-65H,4-6,9-10,16-17,19-24,30-31,39,41,44-45,52-55H2,1-3,7-8H3/b18-11-,68-33+,72-32-,80-15+. The largest absolute Gasteiger partial charge is 0.310 e. The molecule has 6 aromatic rings. The van der Waals surface area contributed by atoms with Gasteiger partial charge in [-0.15, -0.1) is 6.58 Å². The Morgan fingerprint density at radius 3 is 1.89 bits per heavy atom. The monoisotopic (exact) mass is 1110 g/mol. The zero-order valence-corrected chi connectivity index (χ0v) is 51.9. The minimum absolute atomic E-state index is 0.211. The van der Waals surface area contributed by atoms with E-state index in [2.05, 4.69) is 246 Å². The second-order valence-corrected chi connectivity index (χ2v) is 25.0. The zero-order chi connectivity index (χ0) is 58.4. The Morgan fingerprint density at radius 2 is 1.24 bits per heavy atom. The summed E-state index contributed by atoms with van der Waals surface area (Å²) in [5.41, 5.74) is 23.0. The van der Waals surface area contributed by atoms with E-state index in [1.54, 1.807) is 0 Å². The second-order valence-electron chi connectivity index (χ2n) is 25.0. The van der Waals surface area contributed by atoms with Crippen LogP contribution in [0.15, 0.2) is 213 Å². The molecule has 0 heterocycles. The van der Waals surface area contributed by atoms with Gasteiger partial charge in [0.2, 0.25) is 0 Å². The van der Waals surface area contributed by atoms with Crippen molar-refractivity contribution in [2.24, 2.45) is 11.8 Å². The highest BCUT2D eigenvalue weighted by Gasteiger charge is 2.44. The number of nitrogens with zero attached hydrogens (tertiary/aromatic N) is 2. The van der Waals surface area contributed by atoms with E-state index in [1.165, 1.54) is 199 Å². The minimum atomic E-state index is -0.211. The quantitative estimate of drug-likeness (QED) is 0.0274. The highest BCUT2D eigenvalue weighted by Crippen LogP contribution is 2.57. The molecule has 2 nitrogen and oxygen atoms in total. The van der Waals surface area contributed by atoms with Crippen LogP contribution in [0.5, 0.6) is 0 Å². The highest BCUT2D eigenvalue weighted by atomic mass is 15.2. The Morgan fingerprint density at radius 1 is 0.583 bits per heavy atom. The maximum atomic E-state index is 4.53. The number of unbranched alkanes of at least 4 members (excludes halogenated alkanes) is 10. The van der Waals surface area contributed by atoms with E-state index >= 15 is 0 Å². The lowest BCUT2D eigenvalue weighted by Gasteiger charge is -2.36. The summed E-state index contributed by atoms with van der Waals surface area (Å²) in [6.07, 6.45) is 47.0. The summed E-state index contributed by atoms with van der Waals surface area (Å²) in [5, 5.41) is 0. The third-order valence-corrected chi connectivity index (χ3v) is 19.6. The minimum Gasteiger partial charge on any atom is -0.310 e. The number of hydrogen-bond donors (Lipinski definition) is 0. The topological polar surface area (TPSA) is 6.48 Å². The molecule has 0 spiro atoms. The molecule has 10 rings (SSSR count). The molecule has 2 saturated carbocycles. The van der Waals surface area contributed by atoms with Gasteiger partial charge < -0.3 is 9.80 Å². The maximum Gasteiger partial charge on any atom is 0.0540 e. The first kappa shape index (κ1) is 60.0. The summed E-state index contributed by atoms with van der Waals surface area (Å²) in [4.78, 5) is 5.05. The summed E-state index contributed by atoms with van der Waals surface area (Å²) in [6.45, 7) is 24.4. The van der Waals surface area contributed by atoms with Crippen LogP contribution in [0.1, 0.15) is 207 Å². The van der Waals surface area contributed by atoms with Crippen molar-refractivity contribution in [1.29, 1.82) is 0 Å². The highest BCUT2D eigenvalue weighted by molar-refractivity contribution is 5.92. The van der Waals surface area contributed by atoms with Gasteiger partial charge in [-0.3, -0.25) is 0 Å². The van der Waals surface area contributed by atoms with Gasteiger partial charge in [-0.05, 0) is 206 Å². The molecule has 2 heteroatoms. The number of anilines is 4. The molecule has 2 fully saturated rings. The van der Waals surface area contributed by atoms with E-state index in [1.807, 2.05) is 6.08 Å². The molecule has 4 unspecified atom stereocenters. The average molecular weight is 1110 g/mol. The SMILES string of the molecule is C=C/C=C(\C(=C/C)N(c1ccccc1)c1ccc2c(c1)C(CCCCCCCC)(CCCCCCCC)c1cc(N(/C(C=C)=C/C=C\C)c3ccccc3-c3ccc4c(c3)C3CCC(C=C4)C3)ccc1-2)c1ccc(C)c(C2CCC(C=C)C2)c1. The Hall–Kier alpha value is -7.16. The number of para-hydroxylation sites is 2. The predicted molar refractivity (Wildman–Crippen MR) is 367 cm³/mol. The first-order valence-corrected chi connectivity index (χ1v) is 32.8. The van der Waals surface area contributed by atoms with Gasteiger partial charge in [-0.2, -0.15) is 0 Å². The van der Waals surface area contributed by atoms with Crippen molar-refractivity contribution in [2.75, 3.05) is 9.80 Å². The Balaban J connectivity index is 1.14. The van der Waals surface area contributed by atoms with Gasteiger partial charge in [0.15, 0.2) is 0 Å². The molecule has 84 heavy (non-hydrogen) atoms. The fraction of sp³-hybridized carbons (Fsp3) is 0.366. The van der Waals surface area contributed by atoms with Crippen molar-refractivity contribution in [2.45, 2.75) is 180 Å². The van der Waals surface area contributed by atoms with Crippen LogP contribution in [0.4, 0.5) is 22.7 Å². The first-order chi connectivity index (χ1) is 41.3. The van der Waals surface area contributed by atoms with Crippen molar-refractivity contribution in [3.63, 3.8) is 0 Å². The number of aryl methyl sites for hydroxylation is 1. The number of allylic oxidation sites excluding steroid dienone is 10. The van der Waals surface area contributed by atoms with Crippen molar-refractivity contribution in [3.05, 3.63) is 252 Å². The number of rotatable bonds is 28. The molecule has 4 aliphatic rings. The van der Waals surface area contributed by atoms with E-state index in [-0.39, 0.29) is 5.41 Å². The average Bonchev–Trinajstić information content (AvgIpc) is 3.08. The fourth-order valence-electron chi connectivity index (χ4n) is 15.2. The van der Waals surface area contributed by atoms with Crippen LogP contribution in [0.25, 0.3) is 33.9 Å². The lowest BCUT2D eigenvalue weighted by Crippen LogP contribution is -2.27. The zero-order valence-electron chi connectivity index (χ0n) is 51.9. The predicted octanol–water partition coefficient (Wildman–Crippen LogP) is 24.5. The Labute approximate surface area is 507 Å². The van der Waals surface area contributed by atoms with Crippen LogP contribution in [-0.2, 0) is 5.41 Å². The molecule has 0 aliphatic heterocycles. The van der Waals surface area contributed by atoms with Gasteiger partial charge in [0.05, 0.1) is 5.69 Å². The van der Waals surface area contributed by atoms with Crippen molar-refractivity contribution in [3.8, 4) is 22.3 Å². The first-order valence-electron chi connectivity index (χ1n) is 32.8. The molecule has 0 amide bonds. The summed E-state index contributed by atoms with van der Waals surface area (Å²) in [5.74, 6) is 2.41. The summed E-state index contributed by atoms with van der Waals surface area (Å²) >= 11 is 0. The Kier molecular flexibility index (Phi) is 20.4. The molecule has 0 radical (unpaired) electrons. The van der Waals surface area contributed by atoms with Crippen LogP contribution in [0.2, 0.25) is 0 Å². The van der Waals surface area contributed by atoms with Gasteiger partial charge in [0.1, 0.15) is 0 Å². The molecule has 0 N–H and O–H groups in total. The second kappa shape index (κ2) is 28.6. The van der Waals surface area contributed by atoms with Crippen LogP contribution in [0.3, 0.4) is 0 Å². The fourth-order valence-corrected chi connectivity index (χ4v) is 15.2. The summed E-state index contributed by atoms with van der Waals surface area (Å²) < 4.78 is 0. The molecule has 0 saturated heterocycles. The van der Waals surface area contributed by atoms with Gasteiger partial charge in [0.25, 0.3) is 0 Å². The smallest absolute Gasteiger partial charge is 0.0540 e. The number of hydrogen-bond acceptors (Lipinski definition) is 2. The van der Waals surface area contributed by atoms with Crippen molar-refractivity contribution < 1.29 is 0 Å². The van der Waals surface area contributed by atoms with Gasteiger partial charge >= 0.3 is 0 Å². The van der Waals surface area contributed by atoms with Gasteiger partial charge in [-0.1, -0.05) is 238 Å². The van der Waals surface area contributed by atoms with E-state index in [0.717, 1.165) is 29.9 Å².